The molecule has 0 N–H and O–H groups in total. The number of benzene rings is 7. The fourth-order valence-corrected chi connectivity index (χ4v) is 9.03. The summed E-state index contributed by atoms with van der Waals surface area (Å²) < 4.78 is 5.17. The minimum Gasteiger partial charge on any atom is -0.192 e. The van der Waals surface area contributed by atoms with Gasteiger partial charge in [-0.2, -0.15) is 5.26 Å². The van der Waals surface area contributed by atoms with Crippen LogP contribution in [0.15, 0.2) is 152 Å². The second kappa shape index (κ2) is 10.8. The van der Waals surface area contributed by atoms with Crippen LogP contribution in [0.4, 0.5) is 0 Å². The molecule has 0 bridgehead atoms. The van der Waals surface area contributed by atoms with E-state index >= 15 is 0 Å². The van der Waals surface area contributed by atoms with Crippen LogP contribution in [-0.4, -0.2) is 0 Å². The molecule has 1 nitrogen and oxygen atoms in total. The van der Waals surface area contributed by atoms with Gasteiger partial charge in [0.1, 0.15) is 0 Å². The lowest BCUT2D eigenvalue weighted by Crippen LogP contribution is -1.93. The molecule has 0 saturated heterocycles. The van der Waals surface area contributed by atoms with Gasteiger partial charge in [0.25, 0.3) is 0 Å². The van der Waals surface area contributed by atoms with Crippen LogP contribution in [0.2, 0.25) is 0 Å². The number of hydrogen-bond acceptors (Lipinski definition) is 3. The van der Waals surface area contributed by atoms with E-state index in [1.165, 1.54) is 73.7 Å². The van der Waals surface area contributed by atoms with Gasteiger partial charge in [0.05, 0.1) is 11.6 Å². The Morgan fingerprint density at radius 1 is 0.370 bits per heavy atom. The Morgan fingerprint density at radius 2 is 0.891 bits per heavy atom. The predicted molar refractivity (Wildman–Crippen MR) is 199 cm³/mol. The van der Waals surface area contributed by atoms with E-state index in [4.69, 9.17) is 0 Å². The molecule has 9 rings (SSSR count). The molecular formula is C43H25NS2. The van der Waals surface area contributed by atoms with Gasteiger partial charge in [0, 0.05) is 40.3 Å². The standard InChI is InChI=1S/C43H25NS2/c44-26-27-9-8-12-29(21-27)32-22-37(30-17-19-35-33-13-4-6-15-39(33)45-41(35)24-30)43(28-10-2-1-3-11-28)38(23-32)31-18-20-36-34-14-5-7-16-40(34)46-42(36)25-31/h1-25H. The zero-order valence-electron chi connectivity index (χ0n) is 24.7. The van der Waals surface area contributed by atoms with E-state index in [1.807, 2.05) is 40.9 Å². The first-order chi connectivity index (χ1) is 22.7. The summed E-state index contributed by atoms with van der Waals surface area (Å²) in [4.78, 5) is 0. The van der Waals surface area contributed by atoms with Gasteiger partial charge in [-0.05, 0) is 93.0 Å². The fourth-order valence-electron chi connectivity index (χ4n) is 6.74. The number of rotatable bonds is 4. The lowest BCUT2D eigenvalue weighted by Gasteiger charge is -2.19. The molecule has 214 valence electrons. The highest BCUT2D eigenvalue weighted by molar-refractivity contribution is 7.26. The molecule has 2 aromatic heterocycles. The van der Waals surface area contributed by atoms with Gasteiger partial charge >= 0.3 is 0 Å². The third kappa shape index (κ3) is 4.43. The van der Waals surface area contributed by atoms with E-state index in [-0.39, 0.29) is 0 Å². The molecule has 2 heterocycles. The van der Waals surface area contributed by atoms with Crippen molar-refractivity contribution in [1.82, 2.24) is 0 Å². The second-order valence-electron chi connectivity index (χ2n) is 11.6. The summed E-state index contributed by atoms with van der Waals surface area (Å²) in [6, 6.07) is 56.8. The number of fused-ring (bicyclic) bond motifs is 6. The maximum absolute atomic E-state index is 9.74. The molecule has 0 fully saturated rings. The minimum absolute atomic E-state index is 0.658. The number of nitriles is 1. The summed E-state index contributed by atoms with van der Waals surface area (Å²) in [5, 5.41) is 14.9. The van der Waals surface area contributed by atoms with Crippen molar-refractivity contribution in [2.24, 2.45) is 0 Å². The van der Waals surface area contributed by atoms with E-state index in [0.29, 0.717) is 5.56 Å². The maximum Gasteiger partial charge on any atom is 0.0991 e. The van der Waals surface area contributed by atoms with Gasteiger partial charge in [-0.25, -0.2) is 0 Å². The van der Waals surface area contributed by atoms with Crippen molar-refractivity contribution in [2.75, 3.05) is 0 Å². The maximum atomic E-state index is 9.74. The van der Waals surface area contributed by atoms with Gasteiger partial charge < -0.3 is 0 Å². The molecule has 0 aliphatic carbocycles. The first-order valence-corrected chi connectivity index (χ1v) is 16.9. The second-order valence-corrected chi connectivity index (χ2v) is 13.8. The normalized spacial score (nSPS) is 11.5. The summed E-state index contributed by atoms with van der Waals surface area (Å²) >= 11 is 3.69. The highest BCUT2D eigenvalue weighted by atomic mass is 32.1. The van der Waals surface area contributed by atoms with Gasteiger partial charge in [-0.3, -0.25) is 0 Å². The van der Waals surface area contributed by atoms with Crippen LogP contribution in [0, 0.1) is 11.3 Å². The van der Waals surface area contributed by atoms with Crippen molar-refractivity contribution in [1.29, 1.82) is 5.26 Å². The number of hydrogen-bond donors (Lipinski definition) is 0. The molecule has 3 heteroatoms. The Kier molecular flexibility index (Phi) is 6.31. The topological polar surface area (TPSA) is 23.8 Å². The number of thiophene rings is 2. The van der Waals surface area contributed by atoms with Crippen molar-refractivity contribution < 1.29 is 0 Å². The highest BCUT2D eigenvalue weighted by Crippen LogP contribution is 2.46. The van der Waals surface area contributed by atoms with E-state index in [0.717, 1.165) is 11.1 Å². The fraction of sp³-hybridized carbons (Fsp3) is 0. The Morgan fingerprint density at radius 3 is 1.48 bits per heavy atom. The van der Waals surface area contributed by atoms with Crippen LogP contribution >= 0.6 is 22.7 Å². The molecule has 7 aromatic carbocycles. The van der Waals surface area contributed by atoms with Gasteiger partial charge in [-0.1, -0.05) is 103 Å². The highest BCUT2D eigenvalue weighted by Gasteiger charge is 2.19. The Hall–Kier alpha value is -5.53. The molecule has 0 radical (unpaired) electrons. The molecule has 9 aromatic rings. The minimum atomic E-state index is 0.658. The smallest absolute Gasteiger partial charge is 0.0991 e. The van der Waals surface area contributed by atoms with Crippen molar-refractivity contribution in [3.8, 4) is 50.6 Å². The van der Waals surface area contributed by atoms with Gasteiger partial charge in [0.15, 0.2) is 0 Å². The average Bonchev–Trinajstić information content (AvgIpc) is 3.69. The lowest BCUT2D eigenvalue weighted by molar-refractivity contribution is 1.48. The summed E-state index contributed by atoms with van der Waals surface area (Å²) in [7, 11) is 0. The number of nitrogens with zero attached hydrogens (tertiary/aromatic N) is 1. The van der Waals surface area contributed by atoms with Crippen LogP contribution in [0.5, 0.6) is 0 Å². The lowest BCUT2D eigenvalue weighted by atomic mass is 9.84. The van der Waals surface area contributed by atoms with E-state index in [9.17, 15) is 5.26 Å². The SMILES string of the molecule is N#Cc1cccc(-c2cc(-c3ccc4c(c3)sc3ccccc34)c(-c3ccccc3)c(-c3ccc4c(c3)sc3ccccc34)c2)c1. The Balaban J connectivity index is 1.36. The zero-order chi connectivity index (χ0) is 30.6. The van der Waals surface area contributed by atoms with Gasteiger partial charge in [0.2, 0.25) is 0 Å². The van der Waals surface area contributed by atoms with Crippen LogP contribution in [-0.2, 0) is 0 Å². The summed E-state index contributed by atoms with van der Waals surface area (Å²) in [6.07, 6.45) is 0. The van der Waals surface area contributed by atoms with E-state index < -0.39 is 0 Å². The quantitative estimate of drug-likeness (QED) is 0.192. The Labute approximate surface area is 274 Å². The molecular weight excluding hydrogens is 595 g/mol. The zero-order valence-corrected chi connectivity index (χ0v) is 26.3. The van der Waals surface area contributed by atoms with Crippen LogP contribution in [0.1, 0.15) is 5.56 Å². The molecule has 0 amide bonds. The third-order valence-corrected chi connectivity index (χ3v) is 11.2. The van der Waals surface area contributed by atoms with Crippen molar-refractivity contribution in [2.45, 2.75) is 0 Å². The van der Waals surface area contributed by atoms with E-state index in [1.54, 1.807) is 0 Å². The molecule has 0 aliphatic heterocycles. The third-order valence-electron chi connectivity index (χ3n) is 8.91. The predicted octanol–water partition coefficient (Wildman–Crippen LogP) is 13.0. The summed E-state index contributed by atoms with van der Waals surface area (Å²) in [6.45, 7) is 0. The molecule has 0 saturated carbocycles. The Bertz CT molecular complexity index is 2520. The molecule has 0 spiro atoms. The van der Waals surface area contributed by atoms with Crippen LogP contribution in [0.25, 0.3) is 84.9 Å². The first kappa shape index (κ1) is 26.8. The summed E-state index contributed by atoms with van der Waals surface area (Å²) in [5.41, 5.74) is 9.89. The average molecular weight is 620 g/mol. The first-order valence-electron chi connectivity index (χ1n) is 15.3. The molecule has 0 unspecified atom stereocenters. The molecule has 0 aliphatic rings. The summed E-state index contributed by atoms with van der Waals surface area (Å²) in [5.74, 6) is 0. The van der Waals surface area contributed by atoms with Gasteiger partial charge in [-0.15, -0.1) is 22.7 Å². The molecule has 0 atom stereocenters. The van der Waals surface area contributed by atoms with E-state index in [2.05, 4.69) is 140 Å². The van der Waals surface area contributed by atoms with Crippen molar-refractivity contribution >= 4 is 63.0 Å². The van der Waals surface area contributed by atoms with Crippen molar-refractivity contribution in [3.05, 3.63) is 157 Å². The van der Waals surface area contributed by atoms with Crippen molar-refractivity contribution in [3.63, 3.8) is 0 Å². The van der Waals surface area contributed by atoms with Crippen LogP contribution in [0.3, 0.4) is 0 Å². The largest absolute Gasteiger partial charge is 0.192 e. The monoisotopic (exact) mass is 619 g/mol. The molecule has 46 heavy (non-hydrogen) atoms. The van der Waals surface area contributed by atoms with Crippen LogP contribution < -0.4 is 0 Å².